The second-order valence-electron chi connectivity index (χ2n) is 8.45. The number of nitrogens with one attached hydrogen (secondary N) is 2. The van der Waals surface area contributed by atoms with Gasteiger partial charge in [0.15, 0.2) is 0 Å². The van der Waals surface area contributed by atoms with E-state index in [0.29, 0.717) is 18.0 Å². The van der Waals surface area contributed by atoms with Crippen LogP contribution in [0.1, 0.15) is 84.5 Å². The van der Waals surface area contributed by atoms with Gasteiger partial charge in [-0.3, -0.25) is 0 Å². The molecule has 25 heavy (non-hydrogen) atoms. The molecule has 5 nitrogen and oxygen atoms in total. The molecule has 6 unspecified atom stereocenters. The maximum absolute atomic E-state index is 10.7. The van der Waals surface area contributed by atoms with Crippen LogP contribution in [0.25, 0.3) is 0 Å². The van der Waals surface area contributed by atoms with E-state index in [4.69, 9.17) is 4.74 Å². The first-order chi connectivity index (χ1) is 12.2. The molecule has 2 aliphatic carbocycles. The van der Waals surface area contributed by atoms with E-state index in [9.17, 15) is 5.11 Å². The monoisotopic (exact) mass is 353 g/mol. The van der Waals surface area contributed by atoms with Gasteiger partial charge in [-0.05, 0) is 38.0 Å². The highest BCUT2D eigenvalue weighted by Gasteiger charge is 2.41. The number of unbranched alkanes of at least 4 members (excludes halogenated alkanes) is 1. The van der Waals surface area contributed by atoms with Gasteiger partial charge in [0.05, 0.1) is 18.2 Å². The third-order valence-corrected chi connectivity index (χ3v) is 6.55. The Morgan fingerprint density at radius 3 is 2.40 bits per heavy atom. The van der Waals surface area contributed by atoms with E-state index in [2.05, 4.69) is 29.8 Å². The minimum Gasteiger partial charge on any atom is -0.391 e. The van der Waals surface area contributed by atoms with E-state index in [1.807, 2.05) is 0 Å². The average Bonchev–Trinajstić information content (AvgIpc) is 3.05. The van der Waals surface area contributed by atoms with Crippen molar-refractivity contribution in [3.8, 4) is 0 Å². The Morgan fingerprint density at radius 2 is 1.80 bits per heavy atom. The first-order valence-electron chi connectivity index (χ1n) is 10.8. The van der Waals surface area contributed by atoms with Crippen LogP contribution in [0.3, 0.4) is 0 Å². The van der Waals surface area contributed by atoms with Crippen LogP contribution in [0, 0.1) is 5.92 Å². The van der Waals surface area contributed by atoms with Crippen LogP contribution in [0.2, 0.25) is 0 Å². The lowest BCUT2D eigenvalue weighted by molar-refractivity contribution is -0.0798. The number of fused-ring (bicyclic) bond motifs is 1. The Labute approximate surface area is 153 Å². The summed E-state index contributed by atoms with van der Waals surface area (Å²) < 4.78 is 6.19. The zero-order valence-corrected chi connectivity index (χ0v) is 16.3. The number of ether oxygens (including phenoxy) is 1. The van der Waals surface area contributed by atoms with E-state index in [1.165, 1.54) is 51.4 Å². The molecule has 2 saturated carbocycles. The van der Waals surface area contributed by atoms with Crippen LogP contribution >= 0.6 is 0 Å². The molecule has 0 aromatic carbocycles. The molecule has 3 N–H and O–H groups in total. The summed E-state index contributed by atoms with van der Waals surface area (Å²) in [5.41, 5.74) is 7.22. The lowest BCUT2D eigenvalue weighted by Crippen LogP contribution is -2.55. The number of hydrogen-bond acceptors (Lipinski definition) is 5. The molecule has 0 radical (unpaired) electrons. The molecule has 3 aliphatic rings. The number of aliphatic hydroxyl groups is 1. The zero-order valence-electron chi connectivity index (χ0n) is 16.3. The van der Waals surface area contributed by atoms with Crippen molar-refractivity contribution >= 4 is 0 Å². The van der Waals surface area contributed by atoms with Crippen molar-refractivity contribution in [2.45, 2.75) is 115 Å². The van der Waals surface area contributed by atoms with E-state index < -0.39 is 0 Å². The average molecular weight is 354 g/mol. The molecule has 0 bridgehead atoms. The summed E-state index contributed by atoms with van der Waals surface area (Å²) >= 11 is 0. The van der Waals surface area contributed by atoms with Gasteiger partial charge in [0, 0.05) is 25.1 Å². The van der Waals surface area contributed by atoms with Gasteiger partial charge in [0.2, 0.25) is 0 Å². The van der Waals surface area contributed by atoms with Crippen LogP contribution in [-0.4, -0.2) is 47.2 Å². The van der Waals surface area contributed by atoms with Crippen molar-refractivity contribution in [3.63, 3.8) is 0 Å². The molecule has 3 fully saturated rings. The summed E-state index contributed by atoms with van der Waals surface area (Å²) in [6, 6.07) is 1.28. The highest BCUT2D eigenvalue weighted by molar-refractivity contribution is 4.94. The first kappa shape index (κ1) is 19.6. The maximum atomic E-state index is 10.7. The molecular weight excluding hydrogens is 314 g/mol. The van der Waals surface area contributed by atoms with Crippen LogP contribution < -0.4 is 10.9 Å². The van der Waals surface area contributed by atoms with Gasteiger partial charge in [0.25, 0.3) is 0 Å². The lowest BCUT2D eigenvalue weighted by atomic mass is 9.90. The minimum absolute atomic E-state index is 0.174. The van der Waals surface area contributed by atoms with Gasteiger partial charge in [0.1, 0.15) is 0 Å². The third kappa shape index (κ3) is 5.16. The standard InChI is InChI=1S/C20H39N3O2/c1-3-5-8-15(4-2)14-25-16-11-12-19(20(24)13-16)23-21-17-9-6-7-10-18(17)22-23/h15-22,24H,3-14H2,1-2H3. The Balaban J connectivity index is 1.41. The van der Waals surface area contributed by atoms with Crippen molar-refractivity contribution in [1.82, 2.24) is 16.0 Å². The van der Waals surface area contributed by atoms with Crippen molar-refractivity contribution in [2.24, 2.45) is 5.92 Å². The number of hydrogen-bond donors (Lipinski definition) is 3. The van der Waals surface area contributed by atoms with Crippen LogP contribution in [0.4, 0.5) is 0 Å². The maximum Gasteiger partial charge on any atom is 0.0748 e. The Hall–Kier alpha value is -0.200. The third-order valence-electron chi connectivity index (χ3n) is 6.55. The van der Waals surface area contributed by atoms with E-state index in [1.54, 1.807) is 0 Å². The molecule has 1 heterocycles. The van der Waals surface area contributed by atoms with Gasteiger partial charge in [-0.15, -0.1) is 0 Å². The molecule has 6 atom stereocenters. The van der Waals surface area contributed by atoms with Crippen molar-refractivity contribution < 1.29 is 9.84 Å². The largest absolute Gasteiger partial charge is 0.391 e. The fraction of sp³-hybridized carbons (Fsp3) is 1.00. The van der Waals surface area contributed by atoms with Crippen molar-refractivity contribution in [1.29, 1.82) is 0 Å². The molecule has 0 aromatic heterocycles. The SMILES string of the molecule is CCCCC(CC)COC1CCC(N2NC3CCCCC3N2)C(O)C1. The summed E-state index contributed by atoms with van der Waals surface area (Å²) in [6.45, 7) is 5.38. The highest BCUT2D eigenvalue weighted by atomic mass is 16.5. The number of rotatable bonds is 8. The predicted octanol–water partition coefficient (Wildman–Crippen LogP) is 3.14. The molecule has 0 aromatic rings. The van der Waals surface area contributed by atoms with E-state index >= 15 is 0 Å². The van der Waals surface area contributed by atoms with E-state index in [-0.39, 0.29) is 18.2 Å². The smallest absolute Gasteiger partial charge is 0.0748 e. The molecule has 5 heteroatoms. The fourth-order valence-electron chi connectivity index (χ4n) is 4.74. The summed E-state index contributed by atoms with van der Waals surface area (Å²) in [7, 11) is 0. The van der Waals surface area contributed by atoms with Gasteiger partial charge in [-0.1, -0.05) is 46.0 Å². The lowest BCUT2D eigenvalue weighted by Gasteiger charge is -2.38. The topological polar surface area (TPSA) is 56.8 Å². The number of aliphatic hydroxyl groups excluding tert-OH is 1. The molecule has 1 saturated heterocycles. The molecule has 146 valence electrons. The molecule has 0 spiro atoms. The van der Waals surface area contributed by atoms with E-state index in [0.717, 1.165) is 25.9 Å². The van der Waals surface area contributed by atoms with Gasteiger partial charge in [-0.2, -0.15) is 5.12 Å². The van der Waals surface area contributed by atoms with Crippen LogP contribution in [-0.2, 0) is 4.74 Å². The molecule has 1 aliphatic heterocycles. The minimum atomic E-state index is -0.311. The number of hydrazine groups is 2. The number of nitrogens with zero attached hydrogens (tertiary/aromatic N) is 1. The van der Waals surface area contributed by atoms with Gasteiger partial charge >= 0.3 is 0 Å². The first-order valence-corrected chi connectivity index (χ1v) is 10.8. The summed E-state index contributed by atoms with van der Waals surface area (Å²) in [5, 5.41) is 12.8. The normalized spacial score (nSPS) is 37.8. The quantitative estimate of drug-likeness (QED) is 0.626. The Morgan fingerprint density at radius 1 is 1.08 bits per heavy atom. The van der Waals surface area contributed by atoms with Gasteiger partial charge in [-0.25, -0.2) is 10.9 Å². The van der Waals surface area contributed by atoms with Crippen LogP contribution in [0.5, 0.6) is 0 Å². The van der Waals surface area contributed by atoms with Crippen molar-refractivity contribution in [3.05, 3.63) is 0 Å². The fourth-order valence-corrected chi connectivity index (χ4v) is 4.74. The van der Waals surface area contributed by atoms with Gasteiger partial charge < -0.3 is 9.84 Å². The summed E-state index contributed by atoms with van der Waals surface area (Å²) in [6.07, 6.45) is 12.9. The van der Waals surface area contributed by atoms with Crippen LogP contribution in [0.15, 0.2) is 0 Å². The Kier molecular flexibility index (Phi) is 7.55. The summed E-state index contributed by atoms with van der Waals surface area (Å²) in [5.74, 6) is 0.680. The second kappa shape index (κ2) is 9.65. The highest BCUT2D eigenvalue weighted by Crippen LogP contribution is 2.29. The Bertz CT molecular complexity index is 381. The second-order valence-corrected chi connectivity index (χ2v) is 8.45. The molecule has 3 rings (SSSR count). The van der Waals surface area contributed by atoms with Crippen molar-refractivity contribution in [2.75, 3.05) is 6.61 Å². The summed E-state index contributed by atoms with van der Waals surface area (Å²) in [4.78, 5) is 0. The predicted molar refractivity (Wildman–Crippen MR) is 101 cm³/mol. The zero-order chi connectivity index (χ0) is 17.6. The molecular formula is C20H39N3O2. The molecule has 0 amide bonds.